The second-order valence-corrected chi connectivity index (χ2v) is 10.2. The predicted octanol–water partition coefficient (Wildman–Crippen LogP) is 4.48. The lowest BCUT2D eigenvalue weighted by Crippen LogP contribution is -2.32. The second-order valence-electron chi connectivity index (χ2n) is 7.39. The number of hydrogen-bond donors (Lipinski definition) is 1. The summed E-state index contributed by atoms with van der Waals surface area (Å²) in [6, 6.07) is 17.1. The van der Waals surface area contributed by atoms with Crippen LogP contribution in [0.5, 0.6) is 5.75 Å². The van der Waals surface area contributed by atoms with Gasteiger partial charge in [-0.05, 0) is 67.1 Å². The van der Waals surface area contributed by atoms with Gasteiger partial charge in [0.2, 0.25) is 10.0 Å². The van der Waals surface area contributed by atoms with Crippen molar-refractivity contribution in [1.29, 1.82) is 0 Å². The molecule has 2 aromatic carbocycles. The molecule has 9 heteroatoms. The molecule has 7 nitrogen and oxygen atoms in total. The lowest BCUT2D eigenvalue weighted by Gasteiger charge is -2.22. The third-order valence-corrected chi connectivity index (χ3v) is 7.42. The molecule has 0 unspecified atom stereocenters. The molecule has 0 atom stereocenters. The molecular weight excluding hydrogens is 506 g/mol. The van der Waals surface area contributed by atoms with Crippen LogP contribution in [0.15, 0.2) is 87.2 Å². The zero-order valence-electron chi connectivity index (χ0n) is 17.9. The van der Waals surface area contributed by atoms with E-state index in [1.165, 1.54) is 16.4 Å². The summed E-state index contributed by atoms with van der Waals surface area (Å²) < 4.78 is 34.7. The van der Waals surface area contributed by atoms with Crippen molar-refractivity contribution in [2.75, 3.05) is 6.61 Å². The largest absolute Gasteiger partial charge is 0.494 e. The number of pyridine rings is 2. The number of aromatic amines is 1. The van der Waals surface area contributed by atoms with E-state index >= 15 is 0 Å². The third-order valence-electron chi connectivity index (χ3n) is 5.08. The molecule has 0 fully saturated rings. The molecule has 1 N–H and O–H groups in total. The topological polar surface area (TPSA) is 92.4 Å². The van der Waals surface area contributed by atoms with Crippen LogP contribution >= 0.6 is 15.9 Å². The molecule has 0 aliphatic rings. The van der Waals surface area contributed by atoms with Gasteiger partial charge in [-0.25, -0.2) is 8.42 Å². The Morgan fingerprint density at radius 2 is 1.85 bits per heavy atom. The van der Waals surface area contributed by atoms with Gasteiger partial charge in [-0.15, -0.1) is 0 Å². The van der Waals surface area contributed by atoms with Crippen molar-refractivity contribution in [3.63, 3.8) is 0 Å². The van der Waals surface area contributed by atoms with Gasteiger partial charge in [0.05, 0.1) is 11.5 Å². The lowest BCUT2D eigenvalue weighted by atomic mass is 10.1. The molecule has 33 heavy (non-hydrogen) atoms. The zero-order valence-corrected chi connectivity index (χ0v) is 20.3. The average Bonchev–Trinajstić information content (AvgIpc) is 2.80. The van der Waals surface area contributed by atoms with Crippen LogP contribution in [0.4, 0.5) is 0 Å². The van der Waals surface area contributed by atoms with Gasteiger partial charge in [0.1, 0.15) is 5.75 Å². The van der Waals surface area contributed by atoms with Crippen LogP contribution < -0.4 is 10.3 Å². The number of ether oxygens (including phenoxy) is 1. The van der Waals surface area contributed by atoms with E-state index in [4.69, 9.17) is 4.74 Å². The first-order valence-electron chi connectivity index (χ1n) is 10.3. The molecule has 0 saturated heterocycles. The van der Waals surface area contributed by atoms with Gasteiger partial charge in [0.25, 0.3) is 5.56 Å². The first kappa shape index (κ1) is 23.2. The number of aromatic nitrogens is 2. The smallest absolute Gasteiger partial charge is 0.252 e. The summed E-state index contributed by atoms with van der Waals surface area (Å²) in [5, 5.41) is 0.762. The van der Waals surface area contributed by atoms with Gasteiger partial charge in [-0.1, -0.05) is 22.0 Å². The Labute approximate surface area is 200 Å². The maximum absolute atomic E-state index is 13.5. The number of halogens is 1. The molecular formula is C24H22BrN3O4S. The van der Waals surface area contributed by atoms with Gasteiger partial charge in [0.15, 0.2) is 0 Å². The number of nitrogens with zero attached hydrogens (tertiary/aromatic N) is 2. The van der Waals surface area contributed by atoms with Crippen molar-refractivity contribution in [2.24, 2.45) is 0 Å². The van der Waals surface area contributed by atoms with Crippen LogP contribution in [-0.4, -0.2) is 29.3 Å². The maximum Gasteiger partial charge on any atom is 0.252 e. The summed E-state index contributed by atoms with van der Waals surface area (Å²) in [4.78, 5) is 19.9. The summed E-state index contributed by atoms with van der Waals surface area (Å²) in [5.41, 5.74) is 1.37. The van der Waals surface area contributed by atoms with E-state index < -0.39 is 10.0 Å². The summed E-state index contributed by atoms with van der Waals surface area (Å²) in [6.07, 6.45) is 3.24. The van der Waals surface area contributed by atoms with Crippen molar-refractivity contribution in [3.8, 4) is 5.75 Å². The summed E-state index contributed by atoms with van der Waals surface area (Å²) >= 11 is 3.33. The predicted molar refractivity (Wildman–Crippen MR) is 131 cm³/mol. The summed E-state index contributed by atoms with van der Waals surface area (Å²) in [6.45, 7) is 2.39. The molecule has 0 aliphatic heterocycles. The standard InChI is InChI=1S/C24H22BrN3O4S/c1-2-32-21-7-10-23-18(13-21)12-19(24(29)27-23)16-28(15-17-4-3-11-26-14-17)33(30,31)22-8-5-20(25)6-9-22/h3-14H,2,15-16H2,1H3,(H,27,29). The fourth-order valence-electron chi connectivity index (χ4n) is 3.47. The van der Waals surface area contributed by atoms with E-state index in [0.29, 0.717) is 29.0 Å². The SMILES string of the molecule is CCOc1ccc2[nH]c(=O)c(CN(Cc3cccnc3)S(=O)(=O)c3ccc(Br)cc3)cc2c1. The first-order valence-corrected chi connectivity index (χ1v) is 12.5. The number of fused-ring (bicyclic) bond motifs is 1. The van der Waals surface area contributed by atoms with E-state index in [0.717, 1.165) is 9.86 Å². The molecule has 0 saturated carbocycles. The van der Waals surface area contributed by atoms with Crippen LogP contribution in [0, 0.1) is 0 Å². The highest BCUT2D eigenvalue weighted by molar-refractivity contribution is 9.10. The van der Waals surface area contributed by atoms with Crippen molar-refractivity contribution < 1.29 is 13.2 Å². The highest BCUT2D eigenvalue weighted by atomic mass is 79.9. The molecule has 0 spiro atoms. The Hall–Kier alpha value is -3.01. The summed E-state index contributed by atoms with van der Waals surface area (Å²) in [5.74, 6) is 0.678. The van der Waals surface area contributed by atoms with Crippen molar-refractivity contribution >= 4 is 36.9 Å². The van der Waals surface area contributed by atoms with Crippen LogP contribution in [-0.2, 0) is 23.1 Å². The Kier molecular flexibility index (Phi) is 6.92. The number of benzene rings is 2. The number of H-pyrrole nitrogens is 1. The molecule has 0 aliphatic carbocycles. The molecule has 2 aromatic heterocycles. The number of nitrogens with one attached hydrogen (secondary N) is 1. The maximum atomic E-state index is 13.5. The van der Waals surface area contributed by atoms with Gasteiger partial charge < -0.3 is 9.72 Å². The Balaban J connectivity index is 1.76. The summed E-state index contributed by atoms with van der Waals surface area (Å²) in [7, 11) is -3.89. The average molecular weight is 528 g/mol. The monoisotopic (exact) mass is 527 g/mol. The zero-order chi connectivity index (χ0) is 23.4. The quantitative estimate of drug-likeness (QED) is 0.364. The highest BCUT2D eigenvalue weighted by Gasteiger charge is 2.26. The molecule has 170 valence electrons. The number of rotatable bonds is 8. The molecule has 0 bridgehead atoms. The Morgan fingerprint density at radius 1 is 1.06 bits per heavy atom. The van der Waals surface area contributed by atoms with Crippen molar-refractivity contribution in [1.82, 2.24) is 14.3 Å². The van der Waals surface area contributed by atoms with Crippen LogP contribution in [0.2, 0.25) is 0 Å². The Bertz CT molecular complexity index is 1420. The van der Waals surface area contributed by atoms with E-state index in [-0.39, 0.29) is 23.5 Å². The number of sulfonamides is 1. The van der Waals surface area contributed by atoms with E-state index in [1.54, 1.807) is 54.9 Å². The van der Waals surface area contributed by atoms with E-state index in [2.05, 4.69) is 25.9 Å². The third kappa shape index (κ3) is 5.32. The van der Waals surface area contributed by atoms with Crippen LogP contribution in [0.3, 0.4) is 0 Å². The molecule has 4 aromatic rings. The lowest BCUT2D eigenvalue weighted by molar-refractivity contribution is 0.340. The first-order chi connectivity index (χ1) is 15.9. The van der Waals surface area contributed by atoms with Gasteiger partial charge >= 0.3 is 0 Å². The minimum absolute atomic E-state index is 0.0721. The molecule has 0 radical (unpaired) electrons. The fourth-order valence-corrected chi connectivity index (χ4v) is 5.14. The fraction of sp³-hybridized carbons (Fsp3) is 0.167. The van der Waals surface area contributed by atoms with Crippen molar-refractivity contribution in [3.05, 3.63) is 99.0 Å². The van der Waals surface area contributed by atoms with E-state index in [9.17, 15) is 13.2 Å². The van der Waals surface area contributed by atoms with Gasteiger partial charge in [-0.3, -0.25) is 9.78 Å². The van der Waals surface area contributed by atoms with Crippen molar-refractivity contribution in [2.45, 2.75) is 24.9 Å². The Morgan fingerprint density at radius 3 is 2.55 bits per heavy atom. The van der Waals surface area contributed by atoms with E-state index in [1.807, 2.05) is 13.0 Å². The minimum atomic E-state index is -3.89. The second kappa shape index (κ2) is 9.86. The number of hydrogen-bond acceptors (Lipinski definition) is 5. The van der Waals surface area contributed by atoms with Crippen LogP contribution in [0.25, 0.3) is 10.9 Å². The highest BCUT2D eigenvalue weighted by Crippen LogP contribution is 2.24. The van der Waals surface area contributed by atoms with Crippen LogP contribution in [0.1, 0.15) is 18.1 Å². The molecule has 4 rings (SSSR count). The normalized spacial score (nSPS) is 11.7. The minimum Gasteiger partial charge on any atom is -0.494 e. The molecule has 2 heterocycles. The van der Waals surface area contributed by atoms with Gasteiger partial charge in [-0.2, -0.15) is 4.31 Å². The van der Waals surface area contributed by atoms with Gasteiger partial charge in [0, 0.05) is 46.4 Å². The molecule has 0 amide bonds.